The molecule has 1 atom stereocenters. The van der Waals surface area contributed by atoms with Crippen molar-refractivity contribution < 1.29 is 9.90 Å². The zero-order valence-electron chi connectivity index (χ0n) is 13.1. The van der Waals surface area contributed by atoms with Crippen molar-refractivity contribution in [2.24, 2.45) is 0 Å². The molecule has 2 N–H and O–H groups in total. The Morgan fingerprint density at radius 2 is 2.22 bits per heavy atom. The Morgan fingerprint density at radius 3 is 3.00 bits per heavy atom. The molecule has 0 unspecified atom stereocenters. The molecule has 1 amide bonds. The number of rotatable bonds is 4. The molecule has 2 heterocycles. The molecule has 122 valence electrons. The van der Waals surface area contributed by atoms with Gasteiger partial charge in [0.15, 0.2) is 0 Å². The summed E-state index contributed by atoms with van der Waals surface area (Å²) in [5, 5.41) is 18.2. The predicted molar refractivity (Wildman–Crippen MR) is 88.5 cm³/mol. The van der Waals surface area contributed by atoms with E-state index in [9.17, 15) is 9.90 Å². The minimum Gasteiger partial charge on any atom is -0.384 e. The van der Waals surface area contributed by atoms with Crippen LogP contribution in [-0.2, 0) is 18.6 Å². The molecule has 0 saturated heterocycles. The topological polar surface area (TPSA) is 67.2 Å². The molecular formula is C17H20ClN3O2. The first-order valence-electron chi connectivity index (χ1n) is 7.79. The normalized spacial score (nSPS) is 16.5. The molecule has 1 aliphatic heterocycles. The lowest BCUT2D eigenvalue weighted by atomic mass is 9.95. The third-order valence-corrected chi connectivity index (χ3v) is 4.60. The number of nitrogens with one attached hydrogen (secondary N) is 1. The summed E-state index contributed by atoms with van der Waals surface area (Å²) >= 11 is 6.13. The third kappa shape index (κ3) is 3.26. The smallest absolute Gasteiger partial charge is 0.254 e. The minimum atomic E-state index is -1.23. The van der Waals surface area contributed by atoms with Gasteiger partial charge in [0, 0.05) is 17.1 Å². The Balaban J connectivity index is 1.72. The molecule has 0 bridgehead atoms. The summed E-state index contributed by atoms with van der Waals surface area (Å²) in [6, 6.07) is 7.10. The summed E-state index contributed by atoms with van der Waals surface area (Å²) in [6.45, 7) is 2.59. The number of carbonyl (C=O) groups is 1. The second-order valence-corrected chi connectivity index (χ2v) is 6.53. The van der Waals surface area contributed by atoms with E-state index in [4.69, 9.17) is 11.6 Å². The van der Waals surface area contributed by atoms with Crippen LogP contribution in [0.5, 0.6) is 0 Å². The van der Waals surface area contributed by atoms with Crippen molar-refractivity contribution in [3.63, 3.8) is 0 Å². The molecule has 1 aromatic carbocycles. The molecule has 1 aliphatic rings. The van der Waals surface area contributed by atoms with Gasteiger partial charge >= 0.3 is 0 Å². The maximum Gasteiger partial charge on any atom is 0.254 e. The van der Waals surface area contributed by atoms with Crippen LogP contribution in [0, 0.1) is 0 Å². The lowest BCUT2D eigenvalue weighted by Gasteiger charge is -2.25. The van der Waals surface area contributed by atoms with Gasteiger partial charge < -0.3 is 10.4 Å². The number of benzene rings is 1. The van der Waals surface area contributed by atoms with E-state index in [0.29, 0.717) is 16.1 Å². The highest BCUT2D eigenvalue weighted by Crippen LogP contribution is 2.27. The number of hydrogen-bond donors (Lipinski definition) is 2. The first kappa shape index (κ1) is 16.0. The zero-order chi connectivity index (χ0) is 16.4. The van der Waals surface area contributed by atoms with Gasteiger partial charge in [-0.3, -0.25) is 9.48 Å². The quantitative estimate of drug-likeness (QED) is 0.903. The summed E-state index contributed by atoms with van der Waals surface area (Å²) in [4.78, 5) is 12.4. The first-order chi connectivity index (χ1) is 11.0. The number of fused-ring (bicyclic) bond motifs is 1. The number of aryl methyl sites for hydroxylation is 1. The van der Waals surface area contributed by atoms with E-state index in [0.717, 1.165) is 31.5 Å². The Labute approximate surface area is 140 Å². The molecule has 2 aromatic rings. The SMILES string of the molecule is C[C@](O)(CNC(=O)c1cnn2c1CCCC2)c1ccccc1Cl. The minimum absolute atomic E-state index is 0.0835. The van der Waals surface area contributed by atoms with Gasteiger partial charge in [-0.25, -0.2) is 0 Å². The first-order valence-corrected chi connectivity index (χ1v) is 8.17. The van der Waals surface area contributed by atoms with Crippen LogP contribution >= 0.6 is 11.6 Å². The fourth-order valence-electron chi connectivity index (χ4n) is 2.95. The molecule has 3 rings (SSSR count). The standard InChI is InChI=1S/C17H20ClN3O2/c1-17(23,13-6-2-3-7-14(13)18)11-19-16(22)12-10-20-21-9-5-4-8-15(12)21/h2-3,6-7,10,23H,4-5,8-9,11H2,1H3,(H,19,22)/t17-/m0/s1. The van der Waals surface area contributed by atoms with Crippen molar-refractivity contribution in [3.05, 3.63) is 52.3 Å². The van der Waals surface area contributed by atoms with Gasteiger partial charge in [-0.2, -0.15) is 5.10 Å². The molecule has 0 aliphatic carbocycles. The monoisotopic (exact) mass is 333 g/mol. The van der Waals surface area contributed by atoms with Gasteiger partial charge in [-0.05, 0) is 32.3 Å². The highest BCUT2D eigenvalue weighted by molar-refractivity contribution is 6.31. The molecular weight excluding hydrogens is 314 g/mol. The number of aliphatic hydroxyl groups is 1. The van der Waals surface area contributed by atoms with Crippen molar-refractivity contribution in [1.29, 1.82) is 0 Å². The highest BCUT2D eigenvalue weighted by Gasteiger charge is 2.27. The second-order valence-electron chi connectivity index (χ2n) is 6.12. The van der Waals surface area contributed by atoms with Crippen LogP contribution in [0.25, 0.3) is 0 Å². The predicted octanol–water partition coefficient (Wildman–Crippen LogP) is 2.51. The van der Waals surface area contributed by atoms with Crippen LogP contribution in [0.2, 0.25) is 5.02 Å². The summed E-state index contributed by atoms with van der Waals surface area (Å²) in [5.74, 6) is -0.208. The van der Waals surface area contributed by atoms with E-state index in [-0.39, 0.29) is 12.5 Å². The summed E-state index contributed by atoms with van der Waals surface area (Å²) < 4.78 is 1.89. The van der Waals surface area contributed by atoms with Crippen LogP contribution in [0.1, 0.15) is 41.4 Å². The molecule has 0 saturated carbocycles. The van der Waals surface area contributed by atoms with E-state index in [1.54, 1.807) is 31.3 Å². The molecule has 0 fully saturated rings. The number of nitrogens with zero attached hydrogens (tertiary/aromatic N) is 2. The molecule has 5 nitrogen and oxygen atoms in total. The van der Waals surface area contributed by atoms with E-state index in [1.807, 2.05) is 10.7 Å². The van der Waals surface area contributed by atoms with Gasteiger partial charge in [0.05, 0.1) is 24.0 Å². The van der Waals surface area contributed by atoms with E-state index in [2.05, 4.69) is 10.4 Å². The molecule has 0 spiro atoms. The summed E-state index contributed by atoms with van der Waals surface area (Å²) in [5.41, 5.74) is 0.936. The Bertz CT molecular complexity index is 724. The molecule has 1 aromatic heterocycles. The average Bonchev–Trinajstić information content (AvgIpc) is 2.97. The van der Waals surface area contributed by atoms with Gasteiger partial charge in [-0.15, -0.1) is 0 Å². The van der Waals surface area contributed by atoms with Gasteiger partial charge in [0.25, 0.3) is 5.91 Å². The number of amides is 1. The number of halogens is 1. The van der Waals surface area contributed by atoms with E-state index >= 15 is 0 Å². The Morgan fingerprint density at radius 1 is 1.43 bits per heavy atom. The highest BCUT2D eigenvalue weighted by atomic mass is 35.5. The van der Waals surface area contributed by atoms with E-state index < -0.39 is 5.60 Å². The Kier molecular flexibility index (Phi) is 4.41. The summed E-state index contributed by atoms with van der Waals surface area (Å²) in [7, 11) is 0. The maximum absolute atomic E-state index is 12.4. The maximum atomic E-state index is 12.4. The van der Waals surface area contributed by atoms with Crippen LogP contribution in [-0.4, -0.2) is 27.3 Å². The largest absolute Gasteiger partial charge is 0.384 e. The van der Waals surface area contributed by atoms with Crippen molar-refractivity contribution >= 4 is 17.5 Å². The summed E-state index contributed by atoms with van der Waals surface area (Å²) in [6.07, 6.45) is 4.64. The molecule has 0 radical (unpaired) electrons. The van der Waals surface area contributed by atoms with Gasteiger partial charge in [0.1, 0.15) is 5.60 Å². The van der Waals surface area contributed by atoms with Crippen LogP contribution < -0.4 is 5.32 Å². The number of carbonyl (C=O) groups excluding carboxylic acids is 1. The van der Waals surface area contributed by atoms with Crippen molar-refractivity contribution in [1.82, 2.24) is 15.1 Å². The second kappa shape index (κ2) is 6.34. The van der Waals surface area contributed by atoms with E-state index in [1.165, 1.54) is 0 Å². The fourth-order valence-corrected chi connectivity index (χ4v) is 3.29. The van der Waals surface area contributed by atoms with Gasteiger partial charge in [0.2, 0.25) is 0 Å². The van der Waals surface area contributed by atoms with Crippen LogP contribution in [0.15, 0.2) is 30.5 Å². The molecule has 6 heteroatoms. The third-order valence-electron chi connectivity index (χ3n) is 4.27. The van der Waals surface area contributed by atoms with Crippen LogP contribution in [0.3, 0.4) is 0 Å². The lowest BCUT2D eigenvalue weighted by molar-refractivity contribution is 0.0527. The Hall–Kier alpha value is -1.85. The fraction of sp³-hybridized carbons (Fsp3) is 0.412. The zero-order valence-corrected chi connectivity index (χ0v) is 13.8. The number of aromatic nitrogens is 2. The van der Waals surface area contributed by atoms with Crippen molar-refractivity contribution in [2.75, 3.05) is 6.54 Å². The van der Waals surface area contributed by atoms with Crippen LogP contribution in [0.4, 0.5) is 0 Å². The average molecular weight is 334 g/mol. The van der Waals surface area contributed by atoms with Crippen molar-refractivity contribution in [2.45, 2.75) is 38.3 Å². The molecule has 23 heavy (non-hydrogen) atoms. The van der Waals surface area contributed by atoms with Gasteiger partial charge in [-0.1, -0.05) is 29.8 Å². The lowest BCUT2D eigenvalue weighted by Crippen LogP contribution is -2.39. The van der Waals surface area contributed by atoms with Crippen molar-refractivity contribution in [3.8, 4) is 0 Å². The number of hydrogen-bond acceptors (Lipinski definition) is 3.